The zero-order valence-electron chi connectivity index (χ0n) is 19.0. The lowest BCUT2D eigenvalue weighted by molar-refractivity contribution is 0.0610. The molecule has 0 aliphatic heterocycles. The smallest absolute Gasteiger partial charge is 0.433 e. The molecule has 178 valence electrons. The van der Waals surface area contributed by atoms with E-state index in [9.17, 15) is 18.0 Å². The maximum atomic E-state index is 11.8. The monoisotopic (exact) mass is 476 g/mol. The molecule has 2 rings (SSSR count). The van der Waals surface area contributed by atoms with Gasteiger partial charge in [-0.1, -0.05) is 53.2 Å². The van der Waals surface area contributed by atoms with Crippen LogP contribution in [-0.4, -0.2) is 45.0 Å². The number of ether oxygens (including phenoxy) is 1. The molecule has 0 amide bonds. The van der Waals surface area contributed by atoms with Gasteiger partial charge in [-0.3, -0.25) is 13.8 Å². The number of carbonyl (C=O) groups is 2. The molecule has 0 aliphatic carbocycles. The zero-order chi connectivity index (χ0) is 24.9. The Labute approximate surface area is 194 Å². The first-order valence-electron chi connectivity index (χ1n) is 10.1. The van der Waals surface area contributed by atoms with E-state index in [1.54, 1.807) is 56.3 Å². The molecular weight excluding hydrogens is 448 g/mol. The van der Waals surface area contributed by atoms with Crippen LogP contribution in [0.3, 0.4) is 0 Å². The predicted octanol–water partition coefficient (Wildman–Crippen LogP) is 4.55. The van der Waals surface area contributed by atoms with Crippen LogP contribution in [0, 0.1) is 12.3 Å². The molecular formula is C23H28N2O7S. The number of carbonyl (C=O) groups excluding carboxylic acids is 2. The van der Waals surface area contributed by atoms with Gasteiger partial charge < -0.3 is 10.1 Å². The van der Waals surface area contributed by atoms with E-state index in [1.165, 1.54) is 19.1 Å². The number of benzene rings is 2. The molecule has 9 nitrogen and oxygen atoms in total. The molecule has 0 radical (unpaired) electrons. The predicted molar refractivity (Wildman–Crippen MR) is 124 cm³/mol. The molecule has 0 aliphatic rings. The van der Waals surface area contributed by atoms with Gasteiger partial charge in [0.15, 0.2) is 0 Å². The first-order valence-corrected chi connectivity index (χ1v) is 11.5. The molecule has 0 saturated heterocycles. The lowest BCUT2D eigenvalue weighted by atomic mass is 10.1. The molecule has 1 atom stereocenters. The standard InChI is InChI=1S/C12H13NO4.C11H15NO3S/c1-3-16-12(15)17-13-9(2)11(14)10-7-5-4-6-8-10;1-9-3-5-11(6-4-9)16(13,14)15-10(2)7-8-12/h4-8H,3H2,1-2H3;3-6,8,10,12H,7H2,1-2H3. The summed E-state index contributed by atoms with van der Waals surface area (Å²) in [5, 5.41) is 10.3. The normalized spacial score (nSPS) is 12.1. The van der Waals surface area contributed by atoms with Crippen LogP contribution in [0.2, 0.25) is 0 Å². The van der Waals surface area contributed by atoms with Crippen molar-refractivity contribution in [2.75, 3.05) is 6.61 Å². The van der Waals surface area contributed by atoms with Crippen molar-refractivity contribution in [3.63, 3.8) is 0 Å². The Hall–Kier alpha value is -3.37. The highest BCUT2D eigenvalue weighted by Crippen LogP contribution is 2.15. The van der Waals surface area contributed by atoms with Crippen molar-refractivity contribution < 1.29 is 31.8 Å². The second-order valence-corrected chi connectivity index (χ2v) is 8.33. The minimum absolute atomic E-state index is 0.0873. The van der Waals surface area contributed by atoms with E-state index in [-0.39, 0.29) is 29.4 Å². The number of hydrogen-bond acceptors (Lipinski definition) is 9. The number of rotatable bonds is 9. The van der Waals surface area contributed by atoms with Gasteiger partial charge in [0, 0.05) is 12.0 Å². The maximum absolute atomic E-state index is 11.8. The van der Waals surface area contributed by atoms with Crippen molar-refractivity contribution in [2.24, 2.45) is 5.16 Å². The lowest BCUT2D eigenvalue weighted by Crippen LogP contribution is -2.15. The van der Waals surface area contributed by atoms with E-state index in [4.69, 9.17) is 9.59 Å². The van der Waals surface area contributed by atoms with Crippen molar-refractivity contribution in [1.29, 1.82) is 5.41 Å². The zero-order valence-corrected chi connectivity index (χ0v) is 19.8. The number of nitrogens with one attached hydrogen (secondary N) is 1. The van der Waals surface area contributed by atoms with E-state index in [1.807, 2.05) is 6.92 Å². The Morgan fingerprint density at radius 2 is 1.70 bits per heavy atom. The summed E-state index contributed by atoms with van der Waals surface area (Å²) >= 11 is 0. The Kier molecular flexibility index (Phi) is 11.7. The SMILES string of the molecule is CCOC(=O)ON=C(C)C(=O)c1ccccc1.Cc1ccc(S(=O)(=O)OC(C)CC=N)cc1. The van der Waals surface area contributed by atoms with Gasteiger partial charge in [-0.15, -0.1) is 0 Å². The van der Waals surface area contributed by atoms with E-state index in [0.717, 1.165) is 11.8 Å². The van der Waals surface area contributed by atoms with E-state index in [2.05, 4.69) is 14.7 Å². The largest absolute Gasteiger partial charge is 0.535 e. The van der Waals surface area contributed by atoms with Crippen molar-refractivity contribution in [1.82, 2.24) is 0 Å². The summed E-state index contributed by atoms with van der Waals surface area (Å²) in [5.74, 6) is -0.296. The number of aryl methyl sites for hydroxylation is 1. The van der Waals surface area contributed by atoms with Crippen LogP contribution in [0.15, 0.2) is 64.6 Å². The second kappa shape index (κ2) is 13.9. The van der Waals surface area contributed by atoms with Gasteiger partial charge in [-0.05, 0) is 46.0 Å². The van der Waals surface area contributed by atoms with Gasteiger partial charge >= 0.3 is 6.16 Å². The number of oxime groups is 1. The highest BCUT2D eigenvalue weighted by Gasteiger charge is 2.18. The van der Waals surface area contributed by atoms with Crippen LogP contribution in [0.25, 0.3) is 0 Å². The van der Waals surface area contributed by atoms with Gasteiger partial charge in [0.25, 0.3) is 10.1 Å². The molecule has 1 N–H and O–H groups in total. The molecule has 0 spiro atoms. The van der Waals surface area contributed by atoms with Crippen LogP contribution in [-0.2, 0) is 23.9 Å². The third kappa shape index (κ3) is 10.2. The molecule has 0 heterocycles. The summed E-state index contributed by atoms with van der Waals surface area (Å²) in [6.07, 6.45) is -0.0167. The fourth-order valence-corrected chi connectivity index (χ4v) is 3.36. The first kappa shape index (κ1) is 27.7. The summed E-state index contributed by atoms with van der Waals surface area (Å²) in [4.78, 5) is 27.1. The summed E-state index contributed by atoms with van der Waals surface area (Å²) in [6, 6.07) is 15.1. The van der Waals surface area contributed by atoms with Crippen molar-refractivity contribution >= 4 is 34.0 Å². The molecule has 10 heteroatoms. The van der Waals surface area contributed by atoms with Gasteiger partial charge in [-0.2, -0.15) is 8.42 Å². The third-order valence-corrected chi connectivity index (χ3v) is 5.37. The molecule has 0 aromatic heterocycles. The van der Waals surface area contributed by atoms with Crippen molar-refractivity contribution in [3.8, 4) is 0 Å². The Balaban J connectivity index is 0.000000331. The average molecular weight is 477 g/mol. The average Bonchev–Trinajstić information content (AvgIpc) is 2.78. The fourth-order valence-electron chi connectivity index (χ4n) is 2.27. The number of Topliss-reactive ketones (excluding diaryl/α,β-unsaturated/α-hetero) is 1. The topological polar surface area (TPSA) is 132 Å². The maximum Gasteiger partial charge on any atom is 0.535 e. The van der Waals surface area contributed by atoms with Gasteiger partial charge in [0.1, 0.15) is 5.71 Å². The molecule has 0 saturated carbocycles. The Morgan fingerprint density at radius 1 is 1.09 bits per heavy atom. The third-order valence-electron chi connectivity index (χ3n) is 3.93. The molecule has 2 aromatic carbocycles. The molecule has 2 aromatic rings. The highest BCUT2D eigenvalue weighted by atomic mass is 32.2. The van der Waals surface area contributed by atoms with Crippen LogP contribution in [0.1, 0.15) is 43.1 Å². The van der Waals surface area contributed by atoms with Crippen LogP contribution in [0.5, 0.6) is 0 Å². The van der Waals surface area contributed by atoms with E-state index >= 15 is 0 Å². The summed E-state index contributed by atoms with van der Waals surface area (Å²) in [7, 11) is -3.70. The van der Waals surface area contributed by atoms with Crippen molar-refractivity contribution in [2.45, 2.75) is 45.1 Å². The minimum atomic E-state index is -3.70. The Bertz CT molecular complexity index is 1050. The number of ketones is 1. The highest BCUT2D eigenvalue weighted by molar-refractivity contribution is 7.86. The van der Waals surface area contributed by atoms with Crippen LogP contribution >= 0.6 is 0 Å². The molecule has 1 unspecified atom stereocenters. The van der Waals surface area contributed by atoms with Crippen LogP contribution < -0.4 is 0 Å². The van der Waals surface area contributed by atoms with Crippen molar-refractivity contribution in [3.05, 3.63) is 65.7 Å². The Morgan fingerprint density at radius 3 is 2.24 bits per heavy atom. The van der Waals surface area contributed by atoms with Gasteiger partial charge in [-0.25, -0.2) is 4.79 Å². The minimum Gasteiger partial charge on any atom is -0.433 e. The van der Waals surface area contributed by atoms with E-state index in [0.29, 0.717) is 5.56 Å². The lowest BCUT2D eigenvalue weighted by Gasteiger charge is -2.10. The van der Waals surface area contributed by atoms with E-state index < -0.39 is 22.4 Å². The first-order chi connectivity index (χ1) is 15.6. The summed E-state index contributed by atoms with van der Waals surface area (Å²) in [6.45, 7) is 6.81. The fraction of sp³-hybridized carbons (Fsp3) is 0.304. The number of hydrogen-bond donors (Lipinski definition) is 1. The molecule has 0 fully saturated rings. The quantitative estimate of drug-likeness (QED) is 0.140. The van der Waals surface area contributed by atoms with Gasteiger partial charge in [0.05, 0.1) is 17.6 Å². The summed E-state index contributed by atoms with van der Waals surface area (Å²) < 4.78 is 32.9. The molecule has 0 bridgehead atoms. The second-order valence-electron chi connectivity index (χ2n) is 6.76. The molecule has 33 heavy (non-hydrogen) atoms. The van der Waals surface area contributed by atoms with Crippen LogP contribution in [0.4, 0.5) is 4.79 Å². The summed E-state index contributed by atoms with van der Waals surface area (Å²) in [5.41, 5.74) is 1.57. The van der Waals surface area contributed by atoms with Gasteiger partial charge in [0.2, 0.25) is 5.78 Å². The number of nitrogens with zero attached hydrogens (tertiary/aromatic N) is 1.